The number of halogens is 1. The van der Waals surface area contributed by atoms with E-state index in [-0.39, 0.29) is 5.88 Å². The fourth-order valence-electron chi connectivity index (χ4n) is 0.549. The molecule has 1 atom stereocenters. The smallest absolute Gasteiger partial charge is 0.170 e. The summed E-state index contributed by atoms with van der Waals surface area (Å²) in [5, 5.41) is 9.13. The normalized spacial score (nSPS) is 13.2. The van der Waals surface area contributed by atoms with Crippen molar-refractivity contribution in [2.75, 3.05) is 11.6 Å². The highest BCUT2D eigenvalue weighted by atomic mass is 35.5. The van der Waals surface area contributed by atoms with E-state index in [9.17, 15) is 0 Å². The first kappa shape index (κ1) is 10.2. The van der Waals surface area contributed by atoms with E-state index in [1.54, 1.807) is 0 Å². The van der Waals surface area contributed by atoms with Crippen LogP contribution >= 0.6 is 34.9 Å². The van der Waals surface area contributed by atoms with Gasteiger partial charge < -0.3 is 5.11 Å². The summed E-state index contributed by atoms with van der Waals surface area (Å²) in [6.45, 7) is 1.85. The summed E-state index contributed by atoms with van der Waals surface area (Å²) in [5.74, 6) is 1.63. The van der Waals surface area contributed by atoms with Gasteiger partial charge in [-0.2, -0.15) is 4.37 Å². The predicted molar refractivity (Wildman–Crippen MR) is 52.1 cm³/mol. The minimum Gasteiger partial charge on any atom is -0.391 e. The van der Waals surface area contributed by atoms with Crippen molar-refractivity contribution in [3.05, 3.63) is 5.82 Å². The van der Waals surface area contributed by atoms with E-state index >= 15 is 0 Å². The van der Waals surface area contributed by atoms with Crippen LogP contribution in [0, 0.1) is 6.92 Å². The lowest BCUT2D eigenvalue weighted by molar-refractivity contribution is 0.223. The summed E-state index contributed by atoms with van der Waals surface area (Å²) in [5.41, 5.74) is 0. The number of aryl methyl sites for hydroxylation is 1. The molecule has 0 radical (unpaired) electrons. The molecule has 0 fully saturated rings. The molecule has 68 valence electrons. The first-order valence-corrected chi connectivity index (χ1v) is 5.69. The zero-order valence-corrected chi connectivity index (χ0v) is 8.92. The Bertz CT molecular complexity index is 243. The molecule has 0 aromatic carbocycles. The standard InChI is InChI=1S/C6H9ClN2OS2/c1-4-8-6(12-9-4)11-3-5(10)2-7/h5,10H,2-3H2,1H3. The Labute approximate surface area is 84.3 Å². The largest absolute Gasteiger partial charge is 0.391 e. The van der Waals surface area contributed by atoms with Gasteiger partial charge in [-0.15, -0.1) is 11.6 Å². The van der Waals surface area contributed by atoms with E-state index in [0.717, 1.165) is 10.2 Å². The maximum absolute atomic E-state index is 9.13. The van der Waals surface area contributed by atoms with E-state index < -0.39 is 6.10 Å². The lowest BCUT2D eigenvalue weighted by Gasteiger charge is -2.02. The van der Waals surface area contributed by atoms with E-state index in [1.165, 1.54) is 23.3 Å². The number of aliphatic hydroxyl groups excluding tert-OH is 1. The second kappa shape index (κ2) is 5.01. The van der Waals surface area contributed by atoms with Gasteiger partial charge in [0.1, 0.15) is 5.82 Å². The van der Waals surface area contributed by atoms with Crippen LogP contribution in [-0.2, 0) is 0 Å². The number of hydrogen-bond donors (Lipinski definition) is 1. The highest BCUT2D eigenvalue weighted by molar-refractivity contribution is 8.00. The highest BCUT2D eigenvalue weighted by Gasteiger charge is 2.05. The molecule has 1 rings (SSSR count). The van der Waals surface area contributed by atoms with Gasteiger partial charge in [0.15, 0.2) is 4.34 Å². The number of hydrogen-bond acceptors (Lipinski definition) is 5. The maximum atomic E-state index is 9.13. The van der Waals surface area contributed by atoms with Crippen molar-refractivity contribution in [2.24, 2.45) is 0 Å². The van der Waals surface area contributed by atoms with Gasteiger partial charge in [0.25, 0.3) is 0 Å². The second-order valence-corrected chi connectivity index (χ2v) is 4.55. The molecular formula is C6H9ClN2OS2. The Balaban J connectivity index is 2.33. The van der Waals surface area contributed by atoms with Gasteiger partial charge in [0.05, 0.1) is 6.10 Å². The lowest BCUT2D eigenvalue weighted by Crippen LogP contribution is -2.10. The summed E-state index contributed by atoms with van der Waals surface area (Å²) in [7, 11) is 0. The van der Waals surface area contributed by atoms with Gasteiger partial charge in [0, 0.05) is 11.6 Å². The predicted octanol–water partition coefficient (Wildman–Crippen LogP) is 1.54. The minimum absolute atomic E-state index is 0.269. The van der Waals surface area contributed by atoms with Crippen LogP contribution in [0.5, 0.6) is 0 Å². The Kier molecular flexibility index (Phi) is 4.28. The third kappa shape index (κ3) is 3.26. The van der Waals surface area contributed by atoms with E-state index in [4.69, 9.17) is 16.7 Å². The third-order valence-electron chi connectivity index (χ3n) is 1.09. The monoisotopic (exact) mass is 224 g/mol. The van der Waals surface area contributed by atoms with Gasteiger partial charge in [-0.1, -0.05) is 11.8 Å². The first-order valence-electron chi connectivity index (χ1n) is 3.39. The van der Waals surface area contributed by atoms with Gasteiger partial charge >= 0.3 is 0 Å². The Morgan fingerprint density at radius 1 is 1.75 bits per heavy atom. The summed E-state index contributed by atoms with van der Waals surface area (Å²) >= 11 is 8.26. The molecule has 12 heavy (non-hydrogen) atoms. The average molecular weight is 225 g/mol. The lowest BCUT2D eigenvalue weighted by atomic mass is 10.5. The Hall–Kier alpha value is 0.160. The number of nitrogens with zero attached hydrogens (tertiary/aromatic N) is 2. The van der Waals surface area contributed by atoms with Crippen molar-refractivity contribution >= 4 is 34.9 Å². The zero-order valence-electron chi connectivity index (χ0n) is 6.53. The number of thioether (sulfide) groups is 1. The fourth-order valence-corrected chi connectivity index (χ4v) is 2.39. The van der Waals surface area contributed by atoms with Crippen molar-refractivity contribution in [1.29, 1.82) is 0 Å². The highest BCUT2D eigenvalue weighted by Crippen LogP contribution is 2.20. The number of aliphatic hydroxyl groups is 1. The SMILES string of the molecule is Cc1nsc(SCC(O)CCl)n1. The van der Waals surface area contributed by atoms with Crippen LogP contribution < -0.4 is 0 Å². The summed E-state index contributed by atoms with van der Waals surface area (Å²) in [6.07, 6.45) is -0.458. The molecule has 1 aromatic heterocycles. The maximum Gasteiger partial charge on any atom is 0.170 e. The van der Waals surface area contributed by atoms with Crippen molar-refractivity contribution in [2.45, 2.75) is 17.4 Å². The molecule has 0 saturated carbocycles. The first-order chi connectivity index (χ1) is 5.72. The van der Waals surface area contributed by atoms with Crippen LogP contribution in [0.2, 0.25) is 0 Å². The van der Waals surface area contributed by atoms with E-state index in [1.807, 2.05) is 6.92 Å². The van der Waals surface area contributed by atoms with E-state index in [2.05, 4.69) is 9.36 Å². The van der Waals surface area contributed by atoms with Crippen LogP contribution in [0.25, 0.3) is 0 Å². The molecule has 0 spiro atoms. The summed E-state index contributed by atoms with van der Waals surface area (Å²) < 4.78 is 4.90. The molecular weight excluding hydrogens is 216 g/mol. The topological polar surface area (TPSA) is 46.0 Å². The summed E-state index contributed by atoms with van der Waals surface area (Å²) in [6, 6.07) is 0. The van der Waals surface area contributed by atoms with Crippen molar-refractivity contribution in [3.8, 4) is 0 Å². The van der Waals surface area contributed by atoms with Gasteiger partial charge in [-0.3, -0.25) is 0 Å². The molecule has 1 unspecified atom stereocenters. The Morgan fingerprint density at radius 2 is 2.50 bits per heavy atom. The third-order valence-corrected chi connectivity index (χ3v) is 3.51. The molecule has 1 aromatic rings. The molecule has 0 aliphatic rings. The fraction of sp³-hybridized carbons (Fsp3) is 0.667. The molecule has 0 aliphatic carbocycles. The quantitative estimate of drug-likeness (QED) is 0.623. The average Bonchev–Trinajstić information content (AvgIpc) is 2.47. The molecule has 0 saturated heterocycles. The van der Waals surface area contributed by atoms with Crippen molar-refractivity contribution in [1.82, 2.24) is 9.36 Å². The van der Waals surface area contributed by atoms with Crippen LogP contribution in [-0.4, -0.2) is 32.2 Å². The van der Waals surface area contributed by atoms with Crippen molar-refractivity contribution < 1.29 is 5.11 Å². The minimum atomic E-state index is -0.458. The summed E-state index contributed by atoms with van der Waals surface area (Å²) in [4.78, 5) is 4.13. The van der Waals surface area contributed by atoms with Crippen LogP contribution in [0.4, 0.5) is 0 Å². The Morgan fingerprint density at radius 3 is 3.00 bits per heavy atom. The van der Waals surface area contributed by atoms with E-state index in [0.29, 0.717) is 5.75 Å². The molecule has 3 nitrogen and oxygen atoms in total. The van der Waals surface area contributed by atoms with Gasteiger partial charge in [-0.05, 0) is 18.5 Å². The van der Waals surface area contributed by atoms with Crippen LogP contribution in [0.3, 0.4) is 0 Å². The molecule has 0 amide bonds. The number of aromatic nitrogens is 2. The molecule has 0 aliphatic heterocycles. The number of rotatable bonds is 4. The molecule has 1 N–H and O–H groups in total. The molecule has 6 heteroatoms. The second-order valence-electron chi connectivity index (χ2n) is 2.23. The van der Waals surface area contributed by atoms with Crippen LogP contribution in [0.15, 0.2) is 4.34 Å². The van der Waals surface area contributed by atoms with Crippen LogP contribution in [0.1, 0.15) is 5.82 Å². The number of alkyl halides is 1. The zero-order chi connectivity index (χ0) is 8.97. The van der Waals surface area contributed by atoms with Gasteiger partial charge in [-0.25, -0.2) is 4.98 Å². The van der Waals surface area contributed by atoms with Gasteiger partial charge in [0.2, 0.25) is 0 Å². The molecule has 1 heterocycles. The molecule has 0 bridgehead atoms. The van der Waals surface area contributed by atoms with Crippen molar-refractivity contribution in [3.63, 3.8) is 0 Å².